The number of benzene rings is 2. The number of para-hydroxylation sites is 1. The maximum Gasteiger partial charge on any atom is 0.328 e. The van der Waals surface area contributed by atoms with Crippen molar-refractivity contribution in [2.45, 2.75) is 12.5 Å². The van der Waals surface area contributed by atoms with Gasteiger partial charge in [-0.1, -0.05) is 12.1 Å². The molecule has 2 aromatic carbocycles. The lowest BCUT2D eigenvalue weighted by Crippen LogP contribution is -2.43. The van der Waals surface area contributed by atoms with Crippen molar-refractivity contribution in [1.82, 2.24) is 14.5 Å². The fraction of sp³-hybridized carbons (Fsp3) is 0.200. The van der Waals surface area contributed by atoms with Crippen LogP contribution in [0, 0.1) is 0 Å². The molecule has 0 saturated carbocycles. The molecule has 9 nitrogen and oxygen atoms in total. The Morgan fingerprint density at radius 1 is 1.03 bits per heavy atom. The average Bonchev–Trinajstić information content (AvgIpc) is 2.83. The molecule has 0 radical (unpaired) electrons. The second-order valence-electron chi connectivity index (χ2n) is 6.92. The molecule has 29 heavy (non-hydrogen) atoms. The smallest absolute Gasteiger partial charge is 0.328 e. The predicted molar refractivity (Wildman–Crippen MR) is 108 cm³/mol. The molecule has 2 heterocycles. The molecule has 3 aromatic rings. The number of rotatable bonds is 3. The van der Waals surface area contributed by atoms with Crippen LogP contribution in [0.4, 0.5) is 11.4 Å². The summed E-state index contributed by atoms with van der Waals surface area (Å²) in [6.45, 7) is 0. The van der Waals surface area contributed by atoms with E-state index in [4.69, 9.17) is 0 Å². The Morgan fingerprint density at radius 3 is 2.55 bits per heavy atom. The molecule has 0 unspecified atom stereocenters. The molecule has 1 atom stereocenters. The highest BCUT2D eigenvalue weighted by Crippen LogP contribution is 2.20. The molecule has 9 heteroatoms. The van der Waals surface area contributed by atoms with Gasteiger partial charge in [0.25, 0.3) is 5.91 Å². The number of hydrogen-bond donors (Lipinski definition) is 3. The zero-order chi connectivity index (χ0) is 20.7. The molecule has 148 valence electrons. The zero-order valence-electron chi connectivity index (χ0n) is 15.9. The second kappa shape index (κ2) is 6.93. The summed E-state index contributed by atoms with van der Waals surface area (Å²) in [6, 6.07) is 10.8. The molecule has 4 rings (SSSR count). The van der Waals surface area contributed by atoms with Crippen LogP contribution in [0.25, 0.3) is 11.0 Å². The molecular formula is C20H19N5O4. The fourth-order valence-corrected chi connectivity index (χ4v) is 3.44. The molecule has 3 amide bonds. The lowest BCUT2D eigenvalue weighted by Gasteiger charge is -2.14. The van der Waals surface area contributed by atoms with E-state index in [-0.39, 0.29) is 12.1 Å². The molecule has 1 aliphatic rings. The van der Waals surface area contributed by atoms with Gasteiger partial charge in [-0.2, -0.15) is 0 Å². The Kier molecular flexibility index (Phi) is 4.42. The van der Waals surface area contributed by atoms with Gasteiger partial charge in [-0.25, -0.2) is 4.79 Å². The second-order valence-corrected chi connectivity index (χ2v) is 6.92. The van der Waals surface area contributed by atoms with Crippen LogP contribution in [0.3, 0.4) is 0 Å². The highest BCUT2D eigenvalue weighted by atomic mass is 16.2. The third-order valence-electron chi connectivity index (χ3n) is 5.00. The Hall–Kier alpha value is -3.88. The Balaban J connectivity index is 1.51. The summed E-state index contributed by atoms with van der Waals surface area (Å²) in [6.07, 6.45) is -0.225. The molecule has 3 N–H and O–H groups in total. The third-order valence-corrected chi connectivity index (χ3v) is 5.00. The van der Waals surface area contributed by atoms with E-state index in [1.165, 1.54) is 9.13 Å². The first kappa shape index (κ1) is 18.5. The first-order chi connectivity index (χ1) is 13.8. The van der Waals surface area contributed by atoms with Gasteiger partial charge in [0.1, 0.15) is 6.04 Å². The summed E-state index contributed by atoms with van der Waals surface area (Å²) in [5.74, 6) is -1.31. The number of aryl methyl sites for hydroxylation is 2. The standard InChI is InChI=1S/C20H19N5O4/c1-24-15-8-7-11(9-16(15)25(2)20(24)29)21-17(26)10-14-19(28)22-13-6-4-3-5-12(13)18(27)23-14/h3-9,14H,10H2,1-2H3,(H,21,26)(H,22,28)(H,23,27)/t14-/m0/s1. The Bertz CT molecular complexity index is 1220. The summed E-state index contributed by atoms with van der Waals surface area (Å²) in [5.41, 5.74) is 2.50. The van der Waals surface area contributed by atoms with Gasteiger partial charge in [-0.15, -0.1) is 0 Å². The predicted octanol–water partition coefficient (Wildman–Crippen LogP) is 0.956. The number of hydrogen-bond acceptors (Lipinski definition) is 4. The van der Waals surface area contributed by atoms with Crippen LogP contribution in [0.15, 0.2) is 47.3 Å². The largest absolute Gasteiger partial charge is 0.340 e. The average molecular weight is 393 g/mol. The van der Waals surface area contributed by atoms with Crippen LogP contribution in [-0.4, -0.2) is 32.9 Å². The number of carbonyl (C=O) groups excluding carboxylic acids is 3. The maximum atomic E-state index is 12.5. The van der Waals surface area contributed by atoms with Crippen molar-refractivity contribution < 1.29 is 14.4 Å². The van der Waals surface area contributed by atoms with Crippen molar-refractivity contribution in [3.8, 4) is 0 Å². The van der Waals surface area contributed by atoms with Gasteiger partial charge in [-0.05, 0) is 30.3 Å². The minimum Gasteiger partial charge on any atom is -0.340 e. The lowest BCUT2D eigenvalue weighted by molar-refractivity contribution is -0.122. The monoisotopic (exact) mass is 393 g/mol. The molecular weight excluding hydrogens is 374 g/mol. The maximum absolute atomic E-state index is 12.5. The van der Waals surface area contributed by atoms with Crippen molar-refractivity contribution in [3.05, 3.63) is 58.5 Å². The van der Waals surface area contributed by atoms with Crippen molar-refractivity contribution >= 4 is 40.1 Å². The lowest BCUT2D eigenvalue weighted by atomic mass is 10.1. The van der Waals surface area contributed by atoms with Crippen molar-refractivity contribution in [2.75, 3.05) is 10.6 Å². The number of aromatic nitrogens is 2. The number of amides is 3. The van der Waals surface area contributed by atoms with Crippen molar-refractivity contribution in [2.24, 2.45) is 14.1 Å². The normalized spacial score (nSPS) is 16.0. The van der Waals surface area contributed by atoms with E-state index in [1.807, 2.05) is 0 Å². The van der Waals surface area contributed by atoms with Crippen LogP contribution in [0.2, 0.25) is 0 Å². The summed E-state index contributed by atoms with van der Waals surface area (Å²) in [7, 11) is 3.33. The minimum absolute atomic E-state index is 0.166. The molecule has 0 fully saturated rings. The quantitative estimate of drug-likeness (QED) is 0.615. The number of carbonyl (C=O) groups is 3. The minimum atomic E-state index is -1.00. The highest BCUT2D eigenvalue weighted by Gasteiger charge is 2.29. The van der Waals surface area contributed by atoms with Crippen molar-refractivity contribution in [3.63, 3.8) is 0 Å². The van der Waals surface area contributed by atoms with Crippen LogP contribution >= 0.6 is 0 Å². The van der Waals surface area contributed by atoms with E-state index in [2.05, 4.69) is 16.0 Å². The summed E-state index contributed by atoms with van der Waals surface area (Å²) in [5, 5.41) is 7.98. The van der Waals surface area contributed by atoms with E-state index in [9.17, 15) is 19.2 Å². The number of nitrogens with zero attached hydrogens (tertiary/aromatic N) is 2. The van der Waals surface area contributed by atoms with Gasteiger partial charge < -0.3 is 16.0 Å². The van der Waals surface area contributed by atoms with Gasteiger partial charge >= 0.3 is 5.69 Å². The zero-order valence-corrected chi connectivity index (χ0v) is 15.9. The van der Waals surface area contributed by atoms with Gasteiger partial charge in [0.15, 0.2) is 0 Å². The first-order valence-electron chi connectivity index (χ1n) is 9.01. The van der Waals surface area contributed by atoms with E-state index >= 15 is 0 Å². The van der Waals surface area contributed by atoms with Crippen molar-refractivity contribution in [1.29, 1.82) is 0 Å². The summed E-state index contributed by atoms with van der Waals surface area (Å²) in [4.78, 5) is 49.3. The number of fused-ring (bicyclic) bond motifs is 2. The van der Waals surface area contributed by atoms with Crippen LogP contribution < -0.4 is 21.6 Å². The Morgan fingerprint density at radius 2 is 1.76 bits per heavy atom. The van der Waals surface area contributed by atoms with Gasteiger partial charge in [-0.3, -0.25) is 23.5 Å². The molecule has 0 saturated heterocycles. The molecule has 0 spiro atoms. The van der Waals surface area contributed by atoms with E-state index in [1.54, 1.807) is 56.6 Å². The number of anilines is 2. The summed E-state index contributed by atoms with van der Waals surface area (Å²) < 4.78 is 3.01. The molecule has 0 bridgehead atoms. The van der Waals surface area contributed by atoms with Crippen LogP contribution in [0.5, 0.6) is 0 Å². The molecule has 1 aliphatic heterocycles. The fourth-order valence-electron chi connectivity index (χ4n) is 3.44. The van der Waals surface area contributed by atoms with Gasteiger partial charge in [0, 0.05) is 19.8 Å². The van der Waals surface area contributed by atoms with E-state index in [0.29, 0.717) is 22.5 Å². The van der Waals surface area contributed by atoms with Crippen LogP contribution in [0.1, 0.15) is 16.8 Å². The highest BCUT2D eigenvalue weighted by molar-refractivity contribution is 6.11. The van der Waals surface area contributed by atoms with E-state index < -0.39 is 23.8 Å². The Labute approximate surface area is 165 Å². The van der Waals surface area contributed by atoms with E-state index in [0.717, 1.165) is 5.52 Å². The van der Waals surface area contributed by atoms with Gasteiger partial charge in [0.2, 0.25) is 11.8 Å². The third kappa shape index (κ3) is 3.27. The van der Waals surface area contributed by atoms with Crippen LogP contribution in [-0.2, 0) is 23.7 Å². The molecule has 1 aromatic heterocycles. The number of nitrogens with one attached hydrogen (secondary N) is 3. The first-order valence-corrected chi connectivity index (χ1v) is 9.01. The van der Waals surface area contributed by atoms with Gasteiger partial charge in [0.05, 0.1) is 28.7 Å². The molecule has 0 aliphatic carbocycles. The number of imidazole rings is 1. The summed E-state index contributed by atoms with van der Waals surface area (Å²) >= 11 is 0. The SMILES string of the molecule is Cn1c(=O)n(C)c2cc(NC(=O)C[C@@H]3NC(=O)c4ccccc4NC3=O)ccc21. The topological polar surface area (TPSA) is 114 Å².